The number of alkyl halides is 3. The normalized spacial score (nSPS) is 14.6. The fourth-order valence-corrected chi connectivity index (χ4v) is 3.40. The quantitative estimate of drug-likeness (QED) is 0.605. The Hall–Kier alpha value is -3.56. The van der Waals surface area contributed by atoms with E-state index in [0.29, 0.717) is 11.4 Å². The Morgan fingerprint density at radius 3 is 2.39 bits per heavy atom. The van der Waals surface area contributed by atoms with Gasteiger partial charge in [0.25, 0.3) is 0 Å². The summed E-state index contributed by atoms with van der Waals surface area (Å²) < 4.78 is 42.3. The predicted octanol–water partition coefficient (Wildman–Crippen LogP) is 4.40. The van der Waals surface area contributed by atoms with Crippen molar-refractivity contribution >= 4 is 22.8 Å². The van der Waals surface area contributed by atoms with Gasteiger partial charge in [0.15, 0.2) is 5.71 Å². The Kier molecular flexibility index (Phi) is 5.30. The highest BCUT2D eigenvalue weighted by atomic mass is 19.4. The van der Waals surface area contributed by atoms with Gasteiger partial charge in [0.05, 0.1) is 5.69 Å². The molecule has 0 saturated heterocycles. The van der Waals surface area contributed by atoms with Gasteiger partial charge in [0.2, 0.25) is 11.6 Å². The summed E-state index contributed by atoms with van der Waals surface area (Å²) in [6.07, 6.45) is -3.17. The van der Waals surface area contributed by atoms with Crippen molar-refractivity contribution in [1.29, 1.82) is 0 Å². The van der Waals surface area contributed by atoms with Gasteiger partial charge in [0, 0.05) is 25.0 Å². The molecule has 1 aliphatic rings. The molecule has 0 radical (unpaired) electrons. The SMILES string of the molecule is CCN(CC)c1ccc(/N=C2/C(C(F)(F)F)=Nn3c2nnc3-c2ccccn2)c(C)c1. The molecule has 0 saturated carbocycles. The molecule has 0 aliphatic carbocycles. The van der Waals surface area contributed by atoms with Crippen LogP contribution in [0.5, 0.6) is 0 Å². The van der Waals surface area contributed by atoms with E-state index in [1.807, 2.05) is 32.9 Å². The zero-order valence-corrected chi connectivity index (χ0v) is 17.2. The van der Waals surface area contributed by atoms with E-state index < -0.39 is 11.9 Å². The average molecular weight is 427 g/mol. The van der Waals surface area contributed by atoms with Gasteiger partial charge in [-0.2, -0.15) is 22.9 Å². The molecule has 31 heavy (non-hydrogen) atoms. The maximum absolute atomic E-state index is 13.8. The molecule has 10 heteroatoms. The number of pyridine rings is 1. The first-order chi connectivity index (χ1) is 14.8. The van der Waals surface area contributed by atoms with E-state index in [1.165, 1.54) is 6.20 Å². The third-order valence-electron chi connectivity index (χ3n) is 4.98. The molecule has 0 N–H and O–H groups in total. The number of hydrogen-bond donors (Lipinski definition) is 0. The van der Waals surface area contributed by atoms with Crippen molar-refractivity contribution < 1.29 is 13.2 Å². The summed E-state index contributed by atoms with van der Waals surface area (Å²) in [4.78, 5) is 10.6. The van der Waals surface area contributed by atoms with E-state index in [0.717, 1.165) is 29.0 Å². The van der Waals surface area contributed by atoms with Gasteiger partial charge in [-0.1, -0.05) is 6.07 Å². The van der Waals surface area contributed by atoms with Gasteiger partial charge in [-0.05, 0) is 56.7 Å². The van der Waals surface area contributed by atoms with E-state index in [-0.39, 0.29) is 17.4 Å². The summed E-state index contributed by atoms with van der Waals surface area (Å²) in [5.41, 5.74) is 1.05. The summed E-state index contributed by atoms with van der Waals surface area (Å²) in [6, 6.07) is 10.5. The monoisotopic (exact) mass is 427 g/mol. The first-order valence-electron chi connectivity index (χ1n) is 9.81. The minimum Gasteiger partial charge on any atom is -0.372 e. The summed E-state index contributed by atoms with van der Waals surface area (Å²) >= 11 is 0. The van der Waals surface area contributed by atoms with Gasteiger partial charge in [0.1, 0.15) is 11.4 Å². The first kappa shape index (κ1) is 20.7. The number of halogens is 3. The van der Waals surface area contributed by atoms with Gasteiger partial charge >= 0.3 is 6.18 Å². The third kappa shape index (κ3) is 3.80. The van der Waals surface area contributed by atoms with Gasteiger partial charge in [-0.3, -0.25) is 4.98 Å². The highest BCUT2D eigenvalue weighted by Gasteiger charge is 2.46. The van der Waals surface area contributed by atoms with Crippen LogP contribution in [0.15, 0.2) is 52.7 Å². The maximum Gasteiger partial charge on any atom is 0.437 e. The van der Waals surface area contributed by atoms with Crippen LogP contribution in [0.25, 0.3) is 11.5 Å². The summed E-state index contributed by atoms with van der Waals surface area (Å²) in [5, 5.41) is 11.7. The Bertz CT molecular complexity index is 1160. The number of aryl methyl sites for hydroxylation is 1. The number of anilines is 1. The van der Waals surface area contributed by atoms with Crippen molar-refractivity contribution in [3.05, 3.63) is 54.0 Å². The van der Waals surface area contributed by atoms with Crippen LogP contribution in [-0.4, -0.2) is 50.5 Å². The maximum atomic E-state index is 13.8. The molecular weight excluding hydrogens is 407 g/mol. The van der Waals surface area contributed by atoms with Crippen molar-refractivity contribution in [2.24, 2.45) is 10.1 Å². The molecule has 4 rings (SSSR count). The van der Waals surface area contributed by atoms with Crippen molar-refractivity contribution in [1.82, 2.24) is 19.9 Å². The van der Waals surface area contributed by atoms with Crippen LogP contribution in [0.4, 0.5) is 24.5 Å². The fraction of sp³-hybridized carbons (Fsp3) is 0.286. The molecule has 0 amide bonds. The lowest BCUT2D eigenvalue weighted by Gasteiger charge is -2.21. The number of hydrogen-bond acceptors (Lipinski definition) is 6. The molecule has 2 aromatic heterocycles. The lowest BCUT2D eigenvalue weighted by Crippen LogP contribution is -2.29. The van der Waals surface area contributed by atoms with Crippen LogP contribution in [-0.2, 0) is 0 Å². The smallest absolute Gasteiger partial charge is 0.372 e. The molecule has 0 fully saturated rings. The Balaban J connectivity index is 1.81. The summed E-state index contributed by atoms with van der Waals surface area (Å²) in [6.45, 7) is 7.56. The highest BCUT2D eigenvalue weighted by molar-refractivity contribution is 6.51. The molecule has 3 heterocycles. The van der Waals surface area contributed by atoms with Crippen molar-refractivity contribution in [3.8, 4) is 11.5 Å². The van der Waals surface area contributed by atoms with E-state index in [2.05, 4.69) is 30.2 Å². The minimum atomic E-state index is -4.70. The molecular formula is C21H20F3N7. The number of aliphatic imine (C=N–C) groups is 1. The second-order valence-electron chi connectivity index (χ2n) is 6.92. The number of nitrogens with zero attached hydrogens (tertiary/aromatic N) is 7. The van der Waals surface area contributed by atoms with Crippen LogP contribution in [0.3, 0.4) is 0 Å². The van der Waals surface area contributed by atoms with Gasteiger partial charge in [-0.25, -0.2) is 4.99 Å². The first-order valence-corrected chi connectivity index (χ1v) is 9.81. The van der Waals surface area contributed by atoms with E-state index >= 15 is 0 Å². The molecule has 0 atom stereocenters. The highest BCUT2D eigenvalue weighted by Crippen LogP contribution is 2.31. The Morgan fingerprint density at radius 1 is 1.03 bits per heavy atom. The number of aromatic nitrogens is 4. The molecule has 0 unspecified atom stereocenters. The second kappa shape index (κ2) is 7.93. The summed E-state index contributed by atoms with van der Waals surface area (Å²) in [7, 11) is 0. The van der Waals surface area contributed by atoms with Gasteiger partial charge < -0.3 is 4.90 Å². The van der Waals surface area contributed by atoms with Crippen LogP contribution in [0.1, 0.15) is 25.2 Å². The van der Waals surface area contributed by atoms with Crippen LogP contribution < -0.4 is 4.90 Å². The van der Waals surface area contributed by atoms with Crippen molar-refractivity contribution in [2.75, 3.05) is 18.0 Å². The lowest BCUT2D eigenvalue weighted by atomic mass is 10.1. The average Bonchev–Trinajstić information content (AvgIpc) is 3.31. The topological polar surface area (TPSA) is 71.6 Å². The summed E-state index contributed by atoms with van der Waals surface area (Å²) in [5.74, 6) is 0.0522. The zero-order chi connectivity index (χ0) is 22.2. The minimum absolute atomic E-state index is 0.0693. The Morgan fingerprint density at radius 2 is 1.77 bits per heavy atom. The van der Waals surface area contributed by atoms with Crippen LogP contribution in [0, 0.1) is 6.92 Å². The lowest BCUT2D eigenvalue weighted by molar-refractivity contribution is -0.0567. The van der Waals surface area contributed by atoms with Crippen molar-refractivity contribution in [2.45, 2.75) is 26.9 Å². The fourth-order valence-electron chi connectivity index (χ4n) is 3.40. The van der Waals surface area contributed by atoms with E-state index in [4.69, 9.17) is 0 Å². The predicted molar refractivity (Wildman–Crippen MR) is 113 cm³/mol. The number of rotatable bonds is 5. The van der Waals surface area contributed by atoms with E-state index in [9.17, 15) is 13.2 Å². The van der Waals surface area contributed by atoms with Crippen LogP contribution in [0.2, 0.25) is 0 Å². The molecule has 160 valence electrons. The third-order valence-corrected chi connectivity index (χ3v) is 4.98. The van der Waals surface area contributed by atoms with Crippen LogP contribution >= 0.6 is 0 Å². The molecule has 7 nitrogen and oxygen atoms in total. The van der Waals surface area contributed by atoms with Crippen molar-refractivity contribution in [3.63, 3.8) is 0 Å². The molecule has 0 bridgehead atoms. The Labute approximate surface area is 177 Å². The zero-order valence-electron chi connectivity index (χ0n) is 17.2. The van der Waals surface area contributed by atoms with E-state index in [1.54, 1.807) is 24.3 Å². The largest absolute Gasteiger partial charge is 0.437 e. The van der Waals surface area contributed by atoms with Gasteiger partial charge in [-0.15, -0.1) is 10.2 Å². The number of fused-ring (bicyclic) bond motifs is 1. The molecule has 0 spiro atoms. The molecule has 1 aliphatic heterocycles. The second-order valence-corrected chi connectivity index (χ2v) is 6.92. The standard InChI is InChI=1S/C21H20F3N7/c1-4-30(5-2)14-9-10-15(13(3)12-14)26-17-18(21(22,23)24)29-31-19(27-28-20(17)31)16-8-6-7-11-25-16/h6-12H,4-5H2,1-3H3/b26-17-. The number of benzene rings is 1. The molecule has 3 aromatic rings. The molecule has 1 aromatic carbocycles.